The number of carbonyl (C=O) groups is 1. The summed E-state index contributed by atoms with van der Waals surface area (Å²) in [6.07, 6.45) is 3.23. The Bertz CT molecular complexity index is 682. The van der Waals surface area contributed by atoms with Crippen molar-refractivity contribution in [3.05, 3.63) is 29.1 Å². The van der Waals surface area contributed by atoms with Gasteiger partial charge in [0.2, 0.25) is 0 Å². The molecule has 0 atom stereocenters. The molecule has 1 heterocycles. The topological polar surface area (TPSA) is 90.1 Å². The second-order valence-corrected chi connectivity index (χ2v) is 5.39. The van der Waals surface area contributed by atoms with Crippen LogP contribution < -0.4 is 4.74 Å². The van der Waals surface area contributed by atoms with Gasteiger partial charge in [0.05, 0.1) is 19.2 Å². The van der Waals surface area contributed by atoms with Gasteiger partial charge in [-0.15, -0.1) is 10.2 Å². The molecule has 0 aliphatic heterocycles. The molecule has 0 unspecified atom stereocenters. The normalized spacial score (nSPS) is 10.7. The maximum atomic E-state index is 11.5. The average Bonchev–Trinajstić information content (AvgIpc) is 2.92. The van der Waals surface area contributed by atoms with Crippen LogP contribution in [0.3, 0.4) is 0 Å². The number of aromatic nitrogens is 4. The van der Waals surface area contributed by atoms with Gasteiger partial charge in [-0.05, 0) is 43.0 Å². The first-order valence-electron chi connectivity index (χ1n) is 7.73. The minimum atomic E-state index is -0.153. The first-order chi connectivity index (χ1) is 11.0. The van der Waals surface area contributed by atoms with E-state index < -0.39 is 0 Å². The van der Waals surface area contributed by atoms with Crippen LogP contribution in [-0.4, -0.2) is 37.7 Å². The molecule has 1 aromatic carbocycles. The van der Waals surface area contributed by atoms with E-state index in [9.17, 15) is 9.90 Å². The van der Waals surface area contributed by atoms with Crippen molar-refractivity contribution in [1.29, 1.82) is 0 Å². The Labute approximate surface area is 135 Å². The van der Waals surface area contributed by atoms with Crippen molar-refractivity contribution in [3.63, 3.8) is 0 Å². The van der Waals surface area contributed by atoms with Gasteiger partial charge in [-0.3, -0.25) is 4.79 Å². The number of aromatic hydroxyl groups is 1. The molecule has 0 aliphatic carbocycles. The summed E-state index contributed by atoms with van der Waals surface area (Å²) in [5, 5.41) is 21.7. The maximum absolute atomic E-state index is 11.5. The number of ether oxygens (including phenoxy) is 1. The predicted octanol–water partition coefficient (Wildman–Crippen LogP) is 2.08. The third-order valence-electron chi connectivity index (χ3n) is 3.54. The summed E-state index contributed by atoms with van der Waals surface area (Å²) in [5.74, 6) is 1.17. The third kappa shape index (κ3) is 4.51. The Morgan fingerprint density at radius 3 is 2.74 bits per heavy atom. The van der Waals surface area contributed by atoms with E-state index in [1.54, 1.807) is 13.1 Å². The summed E-state index contributed by atoms with van der Waals surface area (Å²) in [5.41, 5.74) is 1.26. The minimum Gasteiger partial charge on any atom is -0.507 e. The fourth-order valence-electron chi connectivity index (χ4n) is 2.30. The SMILES string of the molecule is CCc1cc(C(C)=O)c(O)cc1OCCCCc1nnn(C)n1. The van der Waals surface area contributed by atoms with Gasteiger partial charge in [0.1, 0.15) is 11.5 Å². The largest absolute Gasteiger partial charge is 0.507 e. The lowest BCUT2D eigenvalue weighted by molar-refractivity contribution is 0.101. The Hall–Kier alpha value is -2.44. The van der Waals surface area contributed by atoms with Crippen molar-refractivity contribution in [2.24, 2.45) is 7.05 Å². The summed E-state index contributed by atoms with van der Waals surface area (Å²) in [6.45, 7) is 3.96. The number of unbranched alkanes of at least 4 members (excludes halogenated alkanes) is 1. The van der Waals surface area contributed by atoms with E-state index in [4.69, 9.17) is 4.74 Å². The van der Waals surface area contributed by atoms with Gasteiger partial charge in [-0.2, -0.15) is 4.80 Å². The summed E-state index contributed by atoms with van der Waals surface area (Å²) in [4.78, 5) is 12.9. The lowest BCUT2D eigenvalue weighted by Crippen LogP contribution is -2.03. The summed E-state index contributed by atoms with van der Waals surface area (Å²) in [6, 6.07) is 3.23. The number of phenolic OH excluding ortho intramolecular Hbond substituents is 1. The molecular formula is C16H22N4O3. The first kappa shape index (κ1) is 16.9. The fourth-order valence-corrected chi connectivity index (χ4v) is 2.30. The standard InChI is InChI=1S/C16H22N4O3/c1-4-12-9-13(11(2)21)14(22)10-15(12)23-8-6-5-7-16-17-19-20(3)18-16/h9-10,22H,4-8H2,1-3H3. The van der Waals surface area contributed by atoms with Crippen LogP contribution in [0.1, 0.15) is 48.4 Å². The molecule has 2 aromatic rings. The second-order valence-electron chi connectivity index (χ2n) is 5.39. The lowest BCUT2D eigenvalue weighted by Gasteiger charge is -2.12. The van der Waals surface area contributed by atoms with E-state index in [2.05, 4.69) is 15.4 Å². The summed E-state index contributed by atoms with van der Waals surface area (Å²) >= 11 is 0. The first-order valence-corrected chi connectivity index (χ1v) is 7.73. The number of aryl methyl sites for hydroxylation is 3. The fraction of sp³-hybridized carbons (Fsp3) is 0.500. The molecule has 7 nitrogen and oxygen atoms in total. The molecule has 0 bridgehead atoms. The number of ketones is 1. The molecule has 1 aromatic heterocycles. The molecule has 0 radical (unpaired) electrons. The number of hydrogen-bond donors (Lipinski definition) is 1. The van der Waals surface area contributed by atoms with Crippen molar-refractivity contribution >= 4 is 5.78 Å². The van der Waals surface area contributed by atoms with Crippen molar-refractivity contribution in [1.82, 2.24) is 20.2 Å². The monoisotopic (exact) mass is 318 g/mol. The van der Waals surface area contributed by atoms with Crippen LogP contribution in [0.15, 0.2) is 12.1 Å². The van der Waals surface area contributed by atoms with Crippen LogP contribution in [0.4, 0.5) is 0 Å². The number of Topliss-reactive ketones (excluding diaryl/α,β-unsaturated/α-hetero) is 1. The Balaban J connectivity index is 1.87. The van der Waals surface area contributed by atoms with E-state index in [-0.39, 0.29) is 11.5 Å². The molecule has 0 spiro atoms. The van der Waals surface area contributed by atoms with E-state index >= 15 is 0 Å². The second kappa shape index (κ2) is 7.71. The lowest BCUT2D eigenvalue weighted by atomic mass is 10.0. The Morgan fingerprint density at radius 2 is 2.13 bits per heavy atom. The number of benzene rings is 1. The van der Waals surface area contributed by atoms with Gasteiger partial charge in [0.25, 0.3) is 0 Å². The summed E-state index contributed by atoms with van der Waals surface area (Å²) in [7, 11) is 1.74. The predicted molar refractivity (Wildman–Crippen MR) is 84.7 cm³/mol. The Morgan fingerprint density at radius 1 is 1.35 bits per heavy atom. The highest BCUT2D eigenvalue weighted by atomic mass is 16.5. The van der Waals surface area contributed by atoms with Crippen LogP contribution in [0.5, 0.6) is 11.5 Å². The van der Waals surface area contributed by atoms with E-state index in [1.165, 1.54) is 17.8 Å². The van der Waals surface area contributed by atoms with Gasteiger partial charge in [0, 0.05) is 12.5 Å². The van der Waals surface area contributed by atoms with Gasteiger partial charge in [-0.25, -0.2) is 0 Å². The van der Waals surface area contributed by atoms with Crippen molar-refractivity contribution in [2.45, 2.75) is 39.5 Å². The van der Waals surface area contributed by atoms with E-state index in [0.29, 0.717) is 17.9 Å². The van der Waals surface area contributed by atoms with Gasteiger partial charge in [-0.1, -0.05) is 6.92 Å². The van der Waals surface area contributed by atoms with Crippen LogP contribution in [0, 0.1) is 0 Å². The number of carbonyl (C=O) groups excluding carboxylic acids is 1. The average molecular weight is 318 g/mol. The zero-order valence-electron chi connectivity index (χ0n) is 13.7. The highest BCUT2D eigenvalue weighted by Crippen LogP contribution is 2.29. The molecule has 0 saturated heterocycles. The molecule has 0 aliphatic rings. The van der Waals surface area contributed by atoms with Crippen molar-refractivity contribution in [3.8, 4) is 11.5 Å². The minimum absolute atomic E-state index is 0.0338. The highest BCUT2D eigenvalue weighted by molar-refractivity contribution is 5.97. The molecule has 2 rings (SSSR count). The zero-order chi connectivity index (χ0) is 16.8. The quantitative estimate of drug-likeness (QED) is 0.592. The number of tetrazole rings is 1. The molecule has 0 amide bonds. The number of rotatable bonds is 8. The van der Waals surface area contributed by atoms with Crippen LogP contribution in [0.25, 0.3) is 0 Å². The van der Waals surface area contributed by atoms with Crippen molar-refractivity contribution in [2.75, 3.05) is 6.61 Å². The zero-order valence-corrected chi connectivity index (χ0v) is 13.7. The highest BCUT2D eigenvalue weighted by Gasteiger charge is 2.12. The van der Waals surface area contributed by atoms with Crippen LogP contribution in [-0.2, 0) is 19.9 Å². The third-order valence-corrected chi connectivity index (χ3v) is 3.54. The van der Waals surface area contributed by atoms with Crippen molar-refractivity contribution < 1.29 is 14.6 Å². The molecule has 0 saturated carbocycles. The summed E-state index contributed by atoms with van der Waals surface area (Å²) < 4.78 is 5.75. The van der Waals surface area contributed by atoms with E-state index in [1.807, 2.05) is 6.92 Å². The van der Waals surface area contributed by atoms with Crippen LogP contribution in [0.2, 0.25) is 0 Å². The molecular weight excluding hydrogens is 296 g/mol. The molecule has 1 N–H and O–H groups in total. The number of hydrogen-bond acceptors (Lipinski definition) is 6. The van der Waals surface area contributed by atoms with E-state index in [0.717, 1.165) is 37.1 Å². The molecule has 7 heteroatoms. The van der Waals surface area contributed by atoms with Gasteiger partial charge >= 0.3 is 0 Å². The van der Waals surface area contributed by atoms with Gasteiger partial charge < -0.3 is 9.84 Å². The maximum Gasteiger partial charge on any atom is 0.174 e. The Kier molecular flexibility index (Phi) is 5.67. The van der Waals surface area contributed by atoms with Crippen LogP contribution >= 0.6 is 0 Å². The molecule has 124 valence electrons. The number of nitrogens with zero attached hydrogens (tertiary/aromatic N) is 4. The molecule has 0 fully saturated rings. The smallest absolute Gasteiger partial charge is 0.174 e. The van der Waals surface area contributed by atoms with Gasteiger partial charge in [0.15, 0.2) is 11.6 Å². The molecule has 23 heavy (non-hydrogen) atoms. The number of phenols is 1.